The van der Waals surface area contributed by atoms with Gasteiger partial charge in [-0.2, -0.15) is 0 Å². The van der Waals surface area contributed by atoms with Crippen molar-refractivity contribution in [2.45, 2.75) is 18.7 Å². The molecule has 6 nitrogen and oxygen atoms in total. The number of rotatable bonds is 4. The standard InChI is InChI=1S/C13H18N2O4S/c1-9(2)7-14-20(17,18)10-4-5-12-11(6-10)15(3)13(16)8-19-12/h4-6,9,14H,7-8H2,1-3H3. The SMILES string of the molecule is CC(C)CNS(=O)(=O)c1ccc2c(c1)N(C)C(=O)CO2. The number of hydrogen-bond donors (Lipinski definition) is 1. The van der Waals surface area contributed by atoms with Crippen LogP contribution < -0.4 is 14.4 Å². The first-order valence-electron chi connectivity index (χ1n) is 6.34. The summed E-state index contributed by atoms with van der Waals surface area (Å²) < 4.78 is 32.1. The molecule has 1 aliphatic heterocycles. The van der Waals surface area contributed by atoms with E-state index in [9.17, 15) is 13.2 Å². The summed E-state index contributed by atoms with van der Waals surface area (Å²) in [5, 5.41) is 0. The molecule has 7 heteroatoms. The Morgan fingerprint density at radius 1 is 1.40 bits per heavy atom. The van der Waals surface area contributed by atoms with Gasteiger partial charge in [0.1, 0.15) is 5.75 Å². The van der Waals surface area contributed by atoms with Gasteiger partial charge in [0.25, 0.3) is 5.91 Å². The van der Waals surface area contributed by atoms with Crippen LogP contribution in [0.1, 0.15) is 13.8 Å². The molecule has 1 N–H and O–H groups in total. The summed E-state index contributed by atoms with van der Waals surface area (Å²) in [6, 6.07) is 4.50. The van der Waals surface area contributed by atoms with Crippen LogP contribution in [-0.4, -0.2) is 34.5 Å². The topological polar surface area (TPSA) is 75.7 Å². The van der Waals surface area contributed by atoms with E-state index >= 15 is 0 Å². The van der Waals surface area contributed by atoms with Gasteiger partial charge in [0.2, 0.25) is 10.0 Å². The third-order valence-corrected chi connectivity index (χ3v) is 4.43. The highest BCUT2D eigenvalue weighted by Crippen LogP contribution is 2.33. The lowest BCUT2D eigenvalue weighted by atomic mass is 10.2. The molecule has 1 amide bonds. The number of benzene rings is 1. The molecule has 2 rings (SSSR count). The van der Waals surface area contributed by atoms with E-state index in [1.807, 2.05) is 13.8 Å². The number of amides is 1. The lowest BCUT2D eigenvalue weighted by Crippen LogP contribution is -2.35. The number of nitrogens with zero attached hydrogens (tertiary/aromatic N) is 1. The van der Waals surface area contributed by atoms with Crippen molar-refractivity contribution in [3.05, 3.63) is 18.2 Å². The van der Waals surface area contributed by atoms with Gasteiger partial charge in [-0.05, 0) is 24.1 Å². The molecule has 0 saturated heterocycles. The largest absolute Gasteiger partial charge is 0.482 e. The molecule has 1 aromatic rings. The molecule has 0 fully saturated rings. The van der Waals surface area contributed by atoms with Gasteiger partial charge in [0.05, 0.1) is 10.6 Å². The van der Waals surface area contributed by atoms with Crippen LogP contribution in [0.15, 0.2) is 23.1 Å². The first-order chi connectivity index (χ1) is 9.31. The Bertz CT molecular complexity index is 625. The van der Waals surface area contributed by atoms with E-state index in [1.165, 1.54) is 17.0 Å². The summed E-state index contributed by atoms with van der Waals surface area (Å²) in [5.74, 6) is 0.520. The van der Waals surface area contributed by atoms with E-state index < -0.39 is 10.0 Å². The average Bonchev–Trinajstić information content (AvgIpc) is 2.40. The summed E-state index contributed by atoms with van der Waals surface area (Å²) in [5.41, 5.74) is 0.466. The lowest BCUT2D eigenvalue weighted by Gasteiger charge is -2.26. The smallest absolute Gasteiger partial charge is 0.264 e. The average molecular weight is 298 g/mol. The maximum atomic E-state index is 12.2. The van der Waals surface area contributed by atoms with Crippen molar-refractivity contribution in [3.63, 3.8) is 0 Å². The Kier molecular flexibility index (Phi) is 4.01. The molecule has 1 aliphatic rings. The third kappa shape index (κ3) is 2.94. The van der Waals surface area contributed by atoms with Crippen molar-refractivity contribution in [3.8, 4) is 5.75 Å². The van der Waals surface area contributed by atoms with Gasteiger partial charge < -0.3 is 9.64 Å². The van der Waals surface area contributed by atoms with Crippen LogP contribution in [0.2, 0.25) is 0 Å². The first-order valence-corrected chi connectivity index (χ1v) is 7.82. The second-order valence-electron chi connectivity index (χ2n) is 5.12. The second kappa shape index (κ2) is 5.41. The first kappa shape index (κ1) is 14.8. The van der Waals surface area contributed by atoms with E-state index in [0.717, 1.165) is 0 Å². The van der Waals surface area contributed by atoms with Crippen LogP contribution in [0, 0.1) is 5.92 Å². The van der Waals surface area contributed by atoms with E-state index in [1.54, 1.807) is 13.1 Å². The number of sulfonamides is 1. The predicted octanol–water partition coefficient (Wildman–Crippen LogP) is 0.976. The van der Waals surface area contributed by atoms with Gasteiger partial charge >= 0.3 is 0 Å². The van der Waals surface area contributed by atoms with Crippen molar-refractivity contribution in [1.82, 2.24) is 4.72 Å². The molecule has 110 valence electrons. The lowest BCUT2D eigenvalue weighted by molar-refractivity contribution is -0.120. The zero-order valence-corrected chi connectivity index (χ0v) is 12.5. The van der Waals surface area contributed by atoms with Crippen molar-refractivity contribution >= 4 is 21.6 Å². The summed E-state index contributed by atoms with van der Waals surface area (Å²) in [6.45, 7) is 4.19. The number of anilines is 1. The van der Waals surface area contributed by atoms with Crippen LogP contribution >= 0.6 is 0 Å². The quantitative estimate of drug-likeness (QED) is 0.899. The molecule has 0 radical (unpaired) electrons. The van der Waals surface area contributed by atoms with Crippen LogP contribution in [-0.2, 0) is 14.8 Å². The Morgan fingerprint density at radius 2 is 2.10 bits per heavy atom. The zero-order chi connectivity index (χ0) is 14.9. The van der Waals surface area contributed by atoms with Crippen molar-refractivity contribution in [2.24, 2.45) is 5.92 Å². The number of nitrogens with one attached hydrogen (secondary N) is 1. The van der Waals surface area contributed by atoms with Gasteiger partial charge in [-0.3, -0.25) is 4.79 Å². The summed E-state index contributed by atoms with van der Waals surface area (Å²) in [4.78, 5) is 13.1. The third-order valence-electron chi connectivity index (χ3n) is 3.01. The van der Waals surface area contributed by atoms with Crippen molar-refractivity contribution in [1.29, 1.82) is 0 Å². The summed E-state index contributed by atoms with van der Waals surface area (Å²) >= 11 is 0. The number of fused-ring (bicyclic) bond motifs is 1. The van der Waals surface area contributed by atoms with Crippen LogP contribution in [0.4, 0.5) is 5.69 Å². The minimum absolute atomic E-state index is 0.0266. The molecule has 20 heavy (non-hydrogen) atoms. The van der Waals surface area contributed by atoms with Gasteiger partial charge in [-0.1, -0.05) is 13.8 Å². The van der Waals surface area contributed by atoms with E-state index in [0.29, 0.717) is 18.0 Å². The fourth-order valence-corrected chi connectivity index (χ4v) is 3.01. The molecular formula is C13H18N2O4S. The number of hydrogen-bond acceptors (Lipinski definition) is 4. The Morgan fingerprint density at radius 3 is 2.75 bits per heavy atom. The zero-order valence-electron chi connectivity index (χ0n) is 11.7. The van der Waals surface area contributed by atoms with Gasteiger partial charge in [-0.15, -0.1) is 0 Å². The fourth-order valence-electron chi connectivity index (χ4n) is 1.78. The highest BCUT2D eigenvalue weighted by molar-refractivity contribution is 7.89. The van der Waals surface area contributed by atoms with E-state index in [2.05, 4.69) is 4.72 Å². The number of carbonyl (C=O) groups is 1. The molecule has 0 unspecified atom stereocenters. The van der Waals surface area contributed by atoms with E-state index in [-0.39, 0.29) is 23.3 Å². The van der Waals surface area contributed by atoms with Crippen molar-refractivity contribution in [2.75, 3.05) is 25.1 Å². The number of likely N-dealkylation sites (N-methyl/N-ethyl adjacent to an activating group) is 1. The summed E-state index contributed by atoms with van der Waals surface area (Å²) in [7, 11) is -1.97. The Balaban J connectivity index is 2.33. The fraction of sp³-hybridized carbons (Fsp3) is 0.462. The molecule has 0 aliphatic carbocycles. The molecule has 1 heterocycles. The highest BCUT2D eigenvalue weighted by Gasteiger charge is 2.25. The number of carbonyl (C=O) groups excluding carboxylic acids is 1. The van der Waals surface area contributed by atoms with E-state index in [4.69, 9.17) is 4.74 Å². The molecule has 0 saturated carbocycles. The maximum absolute atomic E-state index is 12.2. The molecule has 0 spiro atoms. The van der Waals surface area contributed by atoms with Gasteiger partial charge in [-0.25, -0.2) is 13.1 Å². The van der Waals surface area contributed by atoms with Crippen molar-refractivity contribution < 1.29 is 17.9 Å². The minimum Gasteiger partial charge on any atom is -0.482 e. The van der Waals surface area contributed by atoms with Gasteiger partial charge in [0.15, 0.2) is 6.61 Å². The highest BCUT2D eigenvalue weighted by atomic mass is 32.2. The second-order valence-corrected chi connectivity index (χ2v) is 6.88. The molecular weight excluding hydrogens is 280 g/mol. The monoisotopic (exact) mass is 298 g/mol. The van der Waals surface area contributed by atoms with Gasteiger partial charge in [0, 0.05) is 13.6 Å². The minimum atomic E-state index is -3.57. The molecule has 0 aromatic heterocycles. The van der Waals surface area contributed by atoms with Crippen LogP contribution in [0.3, 0.4) is 0 Å². The maximum Gasteiger partial charge on any atom is 0.264 e. The van der Waals surface area contributed by atoms with Crippen LogP contribution in [0.5, 0.6) is 5.75 Å². The normalized spacial score (nSPS) is 15.2. The Labute approximate surface area is 118 Å². The summed E-state index contributed by atoms with van der Waals surface area (Å²) in [6.07, 6.45) is 0. The predicted molar refractivity (Wildman–Crippen MR) is 75.4 cm³/mol. The molecule has 0 bridgehead atoms. The molecule has 0 atom stereocenters. The molecule has 1 aromatic carbocycles. The Hall–Kier alpha value is -1.60. The van der Waals surface area contributed by atoms with Crippen LogP contribution in [0.25, 0.3) is 0 Å². The number of ether oxygens (including phenoxy) is 1.